The van der Waals surface area contributed by atoms with Crippen LogP contribution in [0, 0.1) is 0 Å². The van der Waals surface area contributed by atoms with Gasteiger partial charge >= 0.3 is 11.9 Å². The molecule has 5 rings (SSSR count). The molecular weight excluding hydrogens is 466 g/mol. The Labute approximate surface area is 205 Å². The third-order valence-corrected chi connectivity index (χ3v) is 7.06. The molecule has 2 N–H and O–H groups in total. The highest BCUT2D eigenvalue weighted by Crippen LogP contribution is 2.42. The van der Waals surface area contributed by atoms with E-state index in [0.717, 1.165) is 16.5 Å². The van der Waals surface area contributed by atoms with Crippen LogP contribution in [0.4, 0.5) is 0 Å². The van der Waals surface area contributed by atoms with Crippen molar-refractivity contribution in [1.82, 2.24) is 14.9 Å². The fourth-order valence-corrected chi connectivity index (χ4v) is 5.14. The van der Waals surface area contributed by atoms with Gasteiger partial charge in [0.1, 0.15) is 18.4 Å². The van der Waals surface area contributed by atoms with Gasteiger partial charge in [-0.15, -0.1) is 0 Å². The molecule has 36 heavy (non-hydrogen) atoms. The number of amides is 1. The number of nitrogens with one attached hydrogen (secondary N) is 1. The summed E-state index contributed by atoms with van der Waals surface area (Å²) in [5.41, 5.74) is 1.94. The van der Waals surface area contributed by atoms with E-state index in [2.05, 4.69) is 5.32 Å². The zero-order valence-electron chi connectivity index (χ0n) is 20.1. The van der Waals surface area contributed by atoms with Gasteiger partial charge in [-0.05, 0) is 49.6 Å². The Balaban J connectivity index is 1.73. The second kappa shape index (κ2) is 8.47. The van der Waals surface area contributed by atoms with Crippen molar-refractivity contribution >= 4 is 29.3 Å². The number of aromatic hydroxyl groups is 1. The average molecular weight is 492 g/mol. The third-order valence-electron chi connectivity index (χ3n) is 7.06. The van der Waals surface area contributed by atoms with Crippen LogP contribution in [0.3, 0.4) is 0 Å². The number of ether oxygens (including phenoxy) is 2. The summed E-state index contributed by atoms with van der Waals surface area (Å²) in [6, 6.07) is 5.64. The summed E-state index contributed by atoms with van der Waals surface area (Å²) in [7, 11) is 0. The van der Waals surface area contributed by atoms with Gasteiger partial charge in [0.25, 0.3) is 5.56 Å². The minimum Gasteiger partial charge on any atom is -0.508 e. The molecular formula is C26H25N3O7. The number of pyridine rings is 2. The number of aryl methyl sites for hydroxylation is 1. The Bertz CT molecular complexity index is 1510. The highest BCUT2D eigenvalue weighted by atomic mass is 16.6. The molecule has 186 valence electrons. The van der Waals surface area contributed by atoms with Crippen LogP contribution < -0.4 is 10.9 Å². The van der Waals surface area contributed by atoms with Gasteiger partial charge in [0.05, 0.1) is 29.0 Å². The Morgan fingerprint density at radius 2 is 2.08 bits per heavy atom. The van der Waals surface area contributed by atoms with E-state index >= 15 is 0 Å². The van der Waals surface area contributed by atoms with Gasteiger partial charge in [-0.3, -0.25) is 9.59 Å². The largest absolute Gasteiger partial charge is 0.508 e. The van der Waals surface area contributed by atoms with Gasteiger partial charge < -0.3 is 24.5 Å². The molecule has 4 heterocycles. The second-order valence-corrected chi connectivity index (χ2v) is 8.97. The van der Waals surface area contributed by atoms with Crippen LogP contribution in [0.25, 0.3) is 22.3 Å². The van der Waals surface area contributed by atoms with Gasteiger partial charge in [-0.2, -0.15) is 0 Å². The second-order valence-electron chi connectivity index (χ2n) is 8.97. The lowest BCUT2D eigenvalue weighted by Gasteiger charge is -2.36. The maximum absolute atomic E-state index is 13.7. The topological polar surface area (TPSA) is 137 Å². The highest BCUT2D eigenvalue weighted by Gasteiger charge is 2.51. The van der Waals surface area contributed by atoms with Gasteiger partial charge in [0.2, 0.25) is 12.0 Å². The molecule has 1 unspecified atom stereocenters. The number of hydrogen-bond acceptors (Lipinski definition) is 8. The zero-order valence-corrected chi connectivity index (χ0v) is 20.1. The van der Waals surface area contributed by atoms with Crippen molar-refractivity contribution < 1.29 is 29.0 Å². The van der Waals surface area contributed by atoms with E-state index in [0.29, 0.717) is 29.7 Å². The predicted molar refractivity (Wildman–Crippen MR) is 128 cm³/mol. The van der Waals surface area contributed by atoms with Crippen molar-refractivity contribution in [2.24, 2.45) is 0 Å². The van der Waals surface area contributed by atoms with Crippen molar-refractivity contribution in [3.05, 3.63) is 56.9 Å². The normalized spacial score (nSPS) is 18.6. The Morgan fingerprint density at radius 3 is 2.78 bits per heavy atom. The first-order valence-electron chi connectivity index (χ1n) is 11.8. The maximum atomic E-state index is 13.7. The SMILES string of the molecule is CCc1c2c(nc3ccc(O)cc13)-c1cc3c(c(=O)n1C2)COC(=O)[C@@]3(CC)OC(=O)C(C)NC=O. The molecule has 0 spiro atoms. The van der Waals surface area contributed by atoms with E-state index in [1.54, 1.807) is 35.8 Å². The lowest BCUT2D eigenvalue weighted by atomic mass is 9.85. The fourth-order valence-electron chi connectivity index (χ4n) is 5.14. The molecule has 0 saturated carbocycles. The first kappa shape index (κ1) is 23.5. The van der Waals surface area contributed by atoms with Crippen molar-refractivity contribution in [2.75, 3.05) is 0 Å². The third kappa shape index (κ3) is 3.28. The van der Waals surface area contributed by atoms with Crippen LogP contribution in [0.2, 0.25) is 0 Å². The standard InChI is InChI=1S/C26H25N3O7/c1-4-15-16-8-14(31)6-7-20(16)28-22-17(15)10-29-21(22)9-19-18(23(29)32)11-35-25(34)26(19,5-2)36-24(33)13(3)27-12-30/h6-9,12-13,31H,4-5,10-11H2,1-3H3,(H,27,30)/t13?,26-/m0/s1. The Morgan fingerprint density at radius 1 is 1.31 bits per heavy atom. The predicted octanol–water partition coefficient (Wildman–Crippen LogP) is 2.03. The number of nitrogens with zero attached hydrogens (tertiary/aromatic N) is 2. The van der Waals surface area contributed by atoms with Crippen LogP contribution in [0.5, 0.6) is 5.75 Å². The Hall–Kier alpha value is -4.21. The number of hydrogen-bond donors (Lipinski definition) is 2. The molecule has 10 nitrogen and oxygen atoms in total. The first-order chi connectivity index (χ1) is 17.2. The molecule has 1 aromatic carbocycles. The van der Waals surface area contributed by atoms with Crippen LogP contribution in [-0.4, -0.2) is 39.0 Å². The number of carbonyl (C=O) groups is 3. The lowest BCUT2D eigenvalue weighted by molar-refractivity contribution is -0.190. The number of cyclic esters (lactones) is 1. The van der Waals surface area contributed by atoms with Gasteiger partial charge in [-0.1, -0.05) is 13.8 Å². The number of fused-ring (bicyclic) bond motifs is 5. The van der Waals surface area contributed by atoms with E-state index in [4.69, 9.17) is 14.5 Å². The molecule has 2 aliphatic rings. The van der Waals surface area contributed by atoms with Crippen molar-refractivity contribution in [3.63, 3.8) is 0 Å². The summed E-state index contributed by atoms with van der Waals surface area (Å²) in [6.07, 6.45) is 1.06. The van der Waals surface area contributed by atoms with E-state index in [1.807, 2.05) is 6.92 Å². The number of phenolic OH excluding ortho intramolecular Hbond substituents is 1. The molecule has 0 saturated heterocycles. The lowest BCUT2D eigenvalue weighted by Crippen LogP contribution is -2.50. The highest BCUT2D eigenvalue weighted by molar-refractivity contribution is 5.91. The van der Waals surface area contributed by atoms with E-state index in [9.17, 15) is 24.3 Å². The van der Waals surface area contributed by atoms with Crippen molar-refractivity contribution in [3.8, 4) is 17.1 Å². The monoisotopic (exact) mass is 491 g/mol. The molecule has 10 heteroatoms. The average Bonchev–Trinajstić information content (AvgIpc) is 3.23. The van der Waals surface area contributed by atoms with E-state index in [1.165, 1.54) is 6.92 Å². The van der Waals surface area contributed by atoms with Crippen LogP contribution in [-0.2, 0) is 49.0 Å². The molecule has 2 aromatic heterocycles. The summed E-state index contributed by atoms with van der Waals surface area (Å²) >= 11 is 0. The molecule has 0 radical (unpaired) electrons. The van der Waals surface area contributed by atoms with Gasteiger partial charge in [-0.25, -0.2) is 14.6 Å². The smallest absolute Gasteiger partial charge is 0.355 e. The molecule has 1 amide bonds. The molecule has 0 aliphatic carbocycles. The number of benzene rings is 1. The van der Waals surface area contributed by atoms with Crippen LogP contribution in [0.1, 0.15) is 49.4 Å². The number of esters is 2. The summed E-state index contributed by atoms with van der Waals surface area (Å²) in [5, 5.41) is 13.1. The number of carbonyl (C=O) groups excluding carboxylic acids is 3. The molecule has 0 fully saturated rings. The summed E-state index contributed by atoms with van der Waals surface area (Å²) in [5.74, 6) is -1.47. The van der Waals surface area contributed by atoms with E-state index < -0.39 is 23.6 Å². The van der Waals surface area contributed by atoms with Gasteiger partial charge in [0.15, 0.2) is 0 Å². The van der Waals surface area contributed by atoms with Crippen LogP contribution >= 0.6 is 0 Å². The minimum atomic E-state index is -1.84. The zero-order chi connectivity index (χ0) is 25.8. The number of aromatic nitrogens is 2. The molecule has 0 bridgehead atoms. The summed E-state index contributed by atoms with van der Waals surface area (Å²) in [6.45, 7) is 5.13. The fraction of sp³-hybridized carbons (Fsp3) is 0.346. The van der Waals surface area contributed by atoms with E-state index in [-0.39, 0.29) is 42.0 Å². The number of phenols is 1. The molecule has 3 aromatic rings. The van der Waals surface area contributed by atoms with Crippen LogP contribution in [0.15, 0.2) is 29.1 Å². The Kier molecular flexibility index (Phi) is 5.54. The molecule has 2 aliphatic heterocycles. The van der Waals surface area contributed by atoms with Crippen molar-refractivity contribution in [1.29, 1.82) is 0 Å². The number of rotatable bonds is 6. The summed E-state index contributed by atoms with van der Waals surface area (Å²) < 4.78 is 12.6. The van der Waals surface area contributed by atoms with Crippen molar-refractivity contribution in [2.45, 2.75) is 58.4 Å². The quantitative estimate of drug-likeness (QED) is 0.309. The summed E-state index contributed by atoms with van der Waals surface area (Å²) in [4.78, 5) is 55.0. The minimum absolute atomic E-state index is 0.0266. The maximum Gasteiger partial charge on any atom is 0.355 e. The molecule has 2 atom stereocenters. The first-order valence-corrected chi connectivity index (χ1v) is 11.8. The van der Waals surface area contributed by atoms with Gasteiger partial charge in [0, 0.05) is 16.5 Å².